The number of hydrogen-bond donors (Lipinski definition) is 1. The van der Waals surface area contributed by atoms with E-state index >= 15 is 0 Å². The van der Waals surface area contributed by atoms with Crippen molar-refractivity contribution in [1.82, 2.24) is 0 Å². The van der Waals surface area contributed by atoms with E-state index in [-0.39, 0.29) is 25.1 Å². The molecular weight excluding hydrogens is 378 g/mol. The maximum absolute atomic E-state index is 13.2. The van der Waals surface area contributed by atoms with Gasteiger partial charge < -0.3 is 10.1 Å². The largest absolute Gasteiger partial charge is 0.497 e. The quantitative estimate of drug-likeness (QED) is 0.741. The maximum Gasteiger partial charge on any atom is 0.232 e. The molecule has 0 saturated carbocycles. The summed E-state index contributed by atoms with van der Waals surface area (Å²) in [5.41, 5.74) is 0.560. The van der Waals surface area contributed by atoms with Crippen molar-refractivity contribution in [3.05, 3.63) is 54.1 Å². The van der Waals surface area contributed by atoms with Gasteiger partial charge in [0.05, 0.1) is 19.1 Å². The Labute approximate surface area is 156 Å². The second kappa shape index (κ2) is 8.81. The average Bonchev–Trinajstić information content (AvgIpc) is 2.61. The van der Waals surface area contributed by atoms with Crippen LogP contribution in [-0.4, -0.2) is 34.2 Å². The molecule has 0 spiro atoms. The van der Waals surface area contributed by atoms with Crippen LogP contribution in [0.15, 0.2) is 42.5 Å². The highest BCUT2D eigenvalue weighted by Gasteiger charge is 2.18. The van der Waals surface area contributed by atoms with Crippen molar-refractivity contribution in [3.8, 4) is 5.75 Å². The molecule has 0 fully saturated rings. The molecule has 0 aliphatic rings. The van der Waals surface area contributed by atoms with Gasteiger partial charge in [0.2, 0.25) is 15.9 Å². The van der Waals surface area contributed by atoms with Gasteiger partial charge in [0.1, 0.15) is 5.75 Å². The van der Waals surface area contributed by atoms with Gasteiger partial charge in [-0.3, -0.25) is 9.10 Å². The average molecular weight is 398 g/mol. The summed E-state index contributed by atoms with van der Waals surface area (Å²) in [6.07, 6.45) is 1.32. The molecule has 0 radical (unpaired) electrons. The zero-order valence-electron chi connectivity index (χ0n) is 14.9. The second-order valence-electron chi connectivity index (χ2n) is 5.82. The summed E-state index contributed by atoms with van der Waals surface area (Å²) in [5.74, 6) is -1.98. The number of hydrogen-bond acceptors (Lipinski definition) is 4. The summed E-state index contributed by atoms with van der Waals surface area (Å²) >= 11 is 0. The molecule has 0 aromatic heterocycles. The van der Waals surface area contributed by atoms with Crippen molar-refractivity contribution in [2.24, 2.45) is 0 Å². The molecule has 146 valence electrons. The highest BCUT2D eigenvalue weighted by molar-refractivity contribution is 7.92. The van der Waals surface area contributed by atoms with E-state index in [0.29, 0.717) is 11.4 Å². The molecule has 2 aromatic rings. The molecule has 9 heteroatoms. The van der Waals surface area contributed by atoms with Crippen molar-refractivity contribution >= 4 is 27.3 Å². The first-order valence-corrected chi connectivity index (χ1v) is 9.92. The second-order valence-corrected chi connectivity index (χ2v) is 7.72. The number of nitrogens with zero attached hydrogens (tertiary/aromatic N) is 1. The first-order chi connectivity index (χ1) is 12.7. The minimum absolute atomic E-state index is 0.00891. The van der Waals surface area contributed by atoms with E-state index in [1.165, 1.54) is 17.5 Å². The lowest BCUT2D eigenvalue weighted by Gasteiger charge is -2.22. The lowest BCUT2D eigenvalue weighted by Crippen LogP contribution is -2.31. The third kappa shape index (κ3) is 5.92. The number of carbonyl (C=O) groups excluding carboxylic acids is 1. The molecule has 0 saturated heterocycles. The number of amides is 1. The predicted molar refractivity (Wildman–Crippen MR) is 99.4 cm³/mol. The predicted octanol–water partition coefficient (Wildman–Crippen LogP) is 3.16. The molecule has 27 heavy (non-hydrogen) atoms. The molecule has 0 heterocycles. The van der Waals surface area contributed by atoms with Gasteiger partial charge in [-0.1, -0.05) is 6.07 Å². The SMILES string of the molecule is COc1cccc(N(CCCC(=O)Nc2ccc(F)c(F)c2)S(C)(=O)=O)c1. The third-order valence-electron chi connectivity index (χ3n) is 3.71. The van der Waals surface area contributed by atoms with Gasteiger partial charge in [-0.05, 0) is 30.7 Å². The molecule has 2 aromatic carbocycles. The fourth-order valence-electron chi connectivity index (χ4n) is 2.43. The van der Waals surface area contributed by atoms with Crippen molar-refractivity contribution in [2.75, 3.05) is 29.5 Å². The number of methoxy groups -OCH3 is 1. The normalized spacial score (nSPS) is 11.1. The van der Waals surface area contributed by atoms with Crippen LogP contribution in [-0.2, 0) is 14.8 Å². The third-order valence-corrected chi connectivity index (χ3v) is 4.90. The van der Waals surface area contributed by atoms with Gasteiger partial charge in [0, 0.05) is 30.8 Å². The molecule has 2 rings (SSSR count). The van der Waals surface area contributed by atoms with Crippen molar-refractivity contribution in [2.45, 2.75) is 12.8 Å². The number of rotatable bonds is 8. The Morgan fingerprint density at radius 1 is 1.15 bits per heavy atom. The van der Waals surface area contributed by atoms with Gasteiger partial charge in [0.25, 0.3) is 0 Å². The number of ether oxygens (including phenoxy) is 1. The molecule has 0 aliphatic carbocycles. The van der Waals surface area contributed by atoms with E-state index in [0.717, 1.165) is 18.4 Å². The van der Waals surface area contributed by atoms with Crippen LogP contribution >= 0.6 is 0 Å². The Balaban J connectivity index is 1.98. The number of halogens is 2. The number of benzene rings is 2. The molecule has 0 atom stereocenters. The molecule has 1 amide bonds. The van der Waals surface area contributed by atoms with Crippen LogP contribution in [0.25, 0.3) is 0 Å². The summed E-state index contributed by atoms with van der Waals surface area (Å²) < 4.78 is 56.5. The van der Waals surface area contributed by atoms with Gasteiger partial charge in [-0.2, -0.15) is 0 Å². The molecule has 0 bridgehead atoms. The monoisotopic (exact) mass is 398 g/mol. The Morgan fingerprint density at radius 2 is 1.89 bits per heavy atom. The van der Waals surface area contributed by atoms with E-state index in [4.69, 9.17) is 4.74 Å². The summed E-state index contributed by atoms with van der Waals surface area (Å²) in [7, 11) is -2.08. The van der Waals surface area contributed by atoms with Gasteiger partial charge >= 0.3 is 0 Å². The van der Waals surface area contributed by atoms with Crippen LogP contribution in [0.1, 0.15) is 12.8 Å². The molecular formula is C18H20F2N2O4S. The standard InChI is InChI=1S/C18H20F2N2O4S/c1-26-15-6-3-5-14(12-15)22(27(2,24)25)10-4-7-18(23)21-13-8-9-16(19)17(20)11-13/h3,5-6,8-9,11-12H,4,7,10H2,1-2H3,(H,21,23). The Kier molecular flexibility index (Phi) is 6.73. The number of sulfonamides is 1. The van der Waals surface area contributed by atoms with Crippen LogP contribution in [0.4, 0.5) is 20.2 Å². The molecule has 1 N–H and O–H groups in total. The van der Waals surface area contributed by atoms with Crippen molar-refractivity contribution < 1.29 is 26.7 Å². The van der Waals surface area contributed by atoms with E-state index in [9.17, 15) is 22.0 Å². The van der Waals surface area contributed by atoms with Crippen LogP contribution in [0, 0.1) is 11.6 Å². The summed E-state index contributed by atoms with van der Waals surface area (Å²) in [6, 6.07) is 9.62. The summed E-state index contributed by atoms with van der Waals surface area (Å²) in [6.45, 7) is 0.0806. The molecule has 0 aliphatic heterocycles. The van der Waals surface area contributed by atoms with Crippen LogP contribution in [0.5, 0.6) is 5.75 Å². The topological polar surface area (TPSA) is 75.7 Å². The fraction of sp³-hybridized carbons (Fsp3) is 0.278. The first-order valence-electron chi connectivity index (χ1n) is 8.07. The molecule has 0 unspecified atom stereocenters. The Hall–Kier alpha value is -2.68. The van der Waals surface area contributed by atoms with E-state index in [1.54, 1.807) is 24.3 Å². The van der Waals surface area contributed by atoms with Crippen LogP contribution < -0.4 is 14.4 Å². The number of anilines is 2. The zero-order chi connectivity index (χ0) is 20.0. The van der Waals surface area contributed by atoms with Crippen molar-refractivity contribution in [1.29, 1.82) is 0 Å². The zero-order valence-corrected chi connectivity index (χ0v) is 15.7. The number of nitrogens with one attached hydrogen (secondary N) is 1. The van der Waals surface area contributed by atoms with E-state index in [1.807, 2.05) is 0 Å². The van der Waals surface area contributed by atoms with Crippen molar-refractivity contribution in [3.63, 3.8) is 0 Å². The highest BCUT2D eigenvalue weighted by Crippen LogP contribution is 2.23. The van der Waals surface area contributed by atoms with E-state index in [2.05, 4.69) is 5.32 Å². The van der Waals surface area contributed by atoms with Gasteiger partial charge in [0.15, 0.2) is 11.6 Å². The number of carbonyl (C=O) groups is 1. The smallest absolute Gasteiger partial charge is 0.232 e. The minimum atomic E-state index is -3.56. The van der Waals surface area contributed by atoms with E-state index < -0.39 is 27.6 Å². The maximum atomic E-state index is 13.2. The Morgan fingerprint density at radius 3 is 2.52 bits per heavy atom. The lowest BCUT2D eigenvalue weighted by atomic mass is 10.2. The van der Waals surface area contributed by atoms with Crippen LogP contribution in [0.3, 0.4) is 0 Å². The first kappa shape index (κ1) is 20.6. The minimum Gasteiger partial charge on any atom is -0.497 e. The fourth-order valence-corrected chi connectivity index (χ4v) is 3.39. The Bertz CT molecular complexity index is 919. The van der Waals surface area contributed by atoms with Crippen LogP contribution in [0.2, 0.25) is 0 Å². The summed E-state index contributed by atoms with van der Waals surface area (Å²) in [4.78, 5) is 12.0. The molecule has 6 nitrogen and oxygen atoms in total. The van der Waals surface area contributed by atoms with Gasteiger partial charge in [-0.15, -0.1) is 0 Å². The summed E-state index contributed by atoms with van der Waals surface area (Å²) in [5, 5.41) is 2.45. The van der Waals surface area contributed by atoms with Gasteiger partial charge in [-0.25, -0.2) is 17.2 Å². The lowest BCUT2D eigenvalue weighted by molar-refractivity contribution is -0.116. The highest BCUT2D eigenvalue weighted by atomic mass is 32.2.